The van der Waals surface area contributed by atoms with E-state index in [1.54, 1.807) is 7.11 Å². The third-order valence-electron chi connectivity index (χ3n) is 1.26. The van der Waals surface area contributed by atoms with E-state index >= 15 is 0 Å². The van der Waals surface area contributed by atoms with Crippen molar-refractivity contribution in [3.05, 3.63) is 0 Å². The van der Waals surface area contributed by atoms with Crippen molar-refractivity contribution in [1.29, 1.82) is 0 Å². The molecule has 0 amide bonds. The molecule has 0 saturated heterocycles. The van der Waals surface area contributed by atoms with Crippen LogP contribution < -0.4 is 11.1 Å². The summed E-state index contributed by atoms with van der Waals surface area (Å²) in [6.07, 6.45) is 1.03. The lowest BCUT2D eigenvalue weighted by Crippen LogP contribution is -2.26. The molecule has 0 bridgehead atoms. The second kappa shape index (κ2) is 6.99. The molecule has 0 aromatic rings. The largest absolute Gasteiger partial charge is 0.383 e. The highest BCUT2D eigenvalue weighted by atomic mass is 16.5. The average molecular weight is 146 g/mol. The van der Waals surface area contributed by atoms with Crippen LogP contribution in [-0.2, 0) is 4.74 Å². The first-order valence-corrected chi connectivity index (χ1v) is 3.72. The third-order valence-corrected chi connectivity index (χ3v) is 1.26. The standard InChI is InChI=1S/C7H18N2O/c1-7(8)3-4-9-5-6-10-2/h7,9H,3-6,8H2,1-2H3. The van der Waals surface area contributed by atoms with Gasteiger partial charge in [0.05, 0.1) is 6.61 Å². The molecule has 0 fully saturated rings. The fraction of sp³-hybridized carbons (Fsp3) is 1.00. The molecule has 3 N–H and O–H groups in total. The van der Waals surface area contributed by atoms with Crippen molar-refractivity contribution in [2.24, 2.45) is 5.73 Å². The number of ether oxygens (including phenoxy) is 1. The highest BCUT2D eigenvalue weighted by Crippen LogP contribution is 1.81. The monoisotopic (exact) mass is 146 g/mol. The summed E-state index contributed by atoms with van der Waals surface area (Å²) in [5.41, 5.74) is 5.54. The van der Waals surface area contributed by atoms with Crippen LogP contribution in [0.4, 0.5) is 0 Å². The Bertz CT molecular complexity index is 66.6. The van der Waals surface area contributed by atoms with Crippen LogP contribution in [0.2, 0.25) is 0 Å². The van der Waals surface area contributed by atoms with Crippen molar-refractivity contribution in [1.82, 2.24) is 5.32 Å². The van der Waals surface area contributed by atoms with E-state index in [9.17, 15) is 0 Å². The lowest BCUT2D eigenvalue weighted by atomic mass is 10.2. The highest BCUT2D eigenvalue weighted by molar-refractivity contribution is 4.55. The van der Waals surface area contributed by atoms with Gasteiger partial charge in [0.1, 0.15) is 0 Å². The lowest BCUT2D eigenvalue weighted by Gasteiger charge is -2.05. The Morgan fingerprint density at radius 2 is 2.20 bits per heavy atom. The van der Waals surface area contributed by atoms with E-state index in [-0.39, 0.29) is 0 Å². The fourth-order valence-electron chi connectivity index (χ4n) is 0.629. The van der Waals surface area contributed by atoms with Gasteiger partial charge in [0, 0.05) is 19.7 Å². The minimum Gasteiger partial charge on any atom is -0.383 e. The normalized spacial score (nSPS) is 13.5. The average Bonchev–Trinajstić information content (AvgIpc) is 1.87. The molecule has 1 unspecified atom stereocenters. The molecule has 1 atom stereocenters. The Labute approximate surface area is 62.9 Å². The van der Waals surface area contributed by atoms with E-state index in [1.165, 1.54) is 0 Å². The molecular formula is C7H18N2O. The molecule has 0 aromatic heterocycles. The highest BCUT2D eigenvalue weighted by Gasteiger charge is 1.91. The van der Waals surface area contributed by atoms with Gasteiger partial charge in [-0.1, -0.05) is 0 Å². The van der Waals surface area contributed by atoms with Crippen molar-refractivity contribution in [2.75, 3.05) is 26.8 Å². The Morgan fingerprint density at radius 3 is 2.70 bits per heavy atom. The van der Waals surface area contributed by atoms with Gasteiger partial charge in [-0.25, -0.2) is 0 Å². The smallest absolute Gasteiger partial charge is 0.0587 e. The van der Waals surface area contributed by atoms with Gasteiger partial charge >= 0.3 is 0 Å². The van der Waals surface area contributed by atoms with E-state index in [1.807, 2.05) is 6.92 Å². The Hall–Kier alpha value is -0.120. The number of methoxy groups -OCH3 is 1. The van der Waals surface area contributed by atoms with E-state index < -0.39 is 0 Å². The Kier molecular flexibility index (Phi) is 6.91. The summed E-state index contributed by atoms with van der Waals surface area (Å²) < 4.78 is 4.86. The second-order valence-corrected chi connectivity index (χ2v) is 2.51. The number of nitrogens with one attached hydrogen (secondary N) is 1. The maximum Gasteiger partial charge on any atom is 0.0587 e. The minimum absolute atomic E-state index is 0.301. The van der Waals surface area contributed by atoms with Crippen molar-refractivity contribution in [3.63, 3.8) is 0 Å². The van der Waals surface area contributed by atoms with Gasteiger partial charge in [-0.2, -0.15) is 0 Å². The summed E-state index contributed by atoms with van der Waals surface area (Å²) >= 11 is 0. The molecule has 0 radical (unpaired) electrons. The molecule has 3 heteroatoms. The molecular weight excluding hydrogens is 128 g/mol. The first-order valence-electron chi connectivity index (χ1n) is 3.72. The van der Waals surface area contributed by atoms with E-state index in [2.05, 4.69) is 5.32 Å². The lowest BCUT2D eigenvalue weighted by molar-refractivity contribution is 0.199. The predicted octanol–water partition coefficient (Wildman–Crippen LogP) is -0.0403. The SMILES string of the molecule is COCCNCCC(C)N. The van der Waals surface area contributed by atoms with Crippen LogP contribution in [0.25, 0.3) is 0 Å². The van der Waals surface area contributed by atoms with Gasteiger partial charge in [-0.15, -0.1) is 0 Å². The van der Waals surface area contributed by atoms with Gasteiger partial charge in [0.2, 0.25) is 0 Å². The van der Waals surface area contributed by atoms with Crippen molar-refractivity contribution in [3.8, 4) is 0 Å². The van der Waals surface area contributed by atoms with Gasteiger partial charge in [0.25, 0.3) is 0 Å². The zero-order valence-corrected chi connectivity index (χ0v) is 6.89. The zero-order chi connectivity index (χ0) is 7.82. The number of hydrogen-bond acceptors (Lipinski definition) is 3. The van der Waals surface area contributed by atoms with Crippen LogP contribution in [0.5, 0.6) is 0 Å². The van der Waals surface area contributed by atoms with Gasteiger partial charge < -0.3 is 15.8 Å². The van der Waals surface area contributed by atoms with Crippen molar-refractivity contribution in [2.45, 2.75) is 19.4 Å². The minimum atomic E-state index is 0.301. The topological polar surface area (TPSA) is 47.3 Å². The molecule has 0 rings (SSSR count). The molecule has 0 saturated carbocycles. The zero-order valence-electron chi connectivity index (χ0n) is 6.89. The summed E-state index contributed by atoms with van der Waals surface area (Å²) in [6.45, 7) is 4.70. The number of nitrogens with two attached hydrogens (primary N) is 1. The molecule has 0 spiro atoms. The van der Waals surface area contributed by atoms with Crippen molar-refractivity contribution < 1.29 is 4.74 Å². The summed E-state index contributed by atoms with van der Waals surface area (Å²) in [4.78, 5) is 0. The maximum atomic E-state index is 5.54. The van der Waals surface area contributed by atoms with Crippen LogP contribution >= 0.6 is 0 Å². The van der Waals surface area contributed by atoms with E-state index in [4.69, 9.17) is 10.5 Å². The van der Waals surface area contributed by atoms with Gasteiger partial charge in [0.15, 0.2) is 0 Å². The molecule has 0 aromatic carbocycles. The number of rotatable bonds is 6. The summed E-state index contributed by atoms with van der Waals surface area (Å²) in [6, 6.07) is 0.301. The summed E-state index contributed by atoms with van der Waals surface area (Å²) in [7, 11) is 1.70. The predicted molar refractivity (Wildman–Crippen MR) is 43.0 cm³/mol. The van der Waals surface area contributed by atoms with Crippen LogP contribution in [0.15, 0.2) is 0 Å². The van der Waals surface area contributed by atoms with Crippen LogP contribution in [0.3, 0.4) is 0 Å². The second-order valence-electron chi connectivity index (χ2n) is 2.51. The number of hydrogen-bond donors (Lipinski definition) is 2. The Balaban J connectivity index is 2.77. The molecule has 3 nitrogen and oxygen atoms in total. The first kappa shape index (κ1) is 9.88. The van der Waals surface area contributed by atoms with Gasteiger partial charge in [-0.05, 0) is 19.9 Å². The molecule has 0 heterocycles. The van der Waals surface area contributed by atoms with Crippen LogP contribution in [0, 0.1) is 0 Å². The van der Waals surface area contributed by atoms with Gasteiger partial charge in [-0.3, -0.25) is 0 Å². The molecule has 0 aliphatic heterocycles. The fourth-order valence-corrected chi connectivity index (χ4v) is 0.629. The van der Waals surface area contributed by atoms with Crippen molar-refractivity contribution >= 4 is 0 Å². The summed E-state index contributed by atoms with van der Waals surface area (Å²) in [5, 5.41) is 3.21. The quantitative estimate of drug-likeness (QED) is 0.517. The first-order chi connectivity index (χ1) is 4.77. The van der Waals surface area contributed by atoms with E-state index in [0.717, 1.165) is 26.1 Å². The molecule has 0 aliphatic carbocycles. The molecule has 10 heavy (non-hydrogen) atoms. The third kappa shape index (κ3) is 7.88. The van der Waals surface area contributed by atoms with Crippen LogP contribution in [-0.4, -0.2) is 32.8 Å². The van der Waals surface area contributed by atoms with Crippen LogP contribution in [0.1, 0.15) is 13.3 Å². The Morgan fingerprint density at radius 1 is 1.50 bits per heavy atom. The summed E-state index contributed by atoms with van der Waals surface area (Å²) in [5.74, 6) is 0. The molecule has 62 valence electrons. The maximum absolute atomic E-state index is 5.54. The van der Waals surface area contributed by atoms with E-state index in [0.29, 0.717) is 6.04 Å². The molecule has 0 aliphatic rings.